The number of carbonyl (C=O) groups is 2. The van der Waals surface area contributed by atoms with Crippen LogP contribution >= 0.6 is 0 Å². The van der Waals surface area contributed by atoms with Crippen molar-refractivity contribution in [2.75, 3.05) is 11.1 Å². The molecule has 0 aromatic heterocycles. The summed E-state index contributed by atoms with van der Waals surface area (Å²) in [5, 5.41) is 15.9. The molecule has 1 aromatic carbocycles. The fraction of sp³-hybridized carbons (Fsp3) is 0.273. The summed E-state index contributed by atoms with van der Waals surface area (Å²) in [6.45, 7) is 0. The molecule has 8 heteroatoms. The Bertz CT molecular complexity index is 558. The summed E-state index contributed by atoms with van der Waals surface area (Å²) in [6.07, 6.45) is 0.482. The van der Waals surface area contributed by atoms with Crippen LogP contribution in [0, 0.1) is 10.1 Å². The van der Waals surface area contributed by atoms with Gasteiger partial charge in [0.25, 0.3) is 0 Å². The molecule has 2 amide bonds. The minimum absolute atomic E-state index is 0.0160. The molecule has 1 fully saturated rings. The molecule has 2 rings (SSSR count). The van der Waals surface area contributed by atoms with Gasteiger partial charge in [-0.2, -0.15) is 0 Å². The van der Waals surface area contributed by atoms with Crippen molar-refractivity contribution in [2.45, 2.75) is 18.9 Å². The molecule has 1 atom stereocenters. The van der Waals surface area contributed by atoms with Crippen molar-refractivity contribution in [1.82, 2.24) is 5.32 Å². The van der Waals surface area contributed by atoms with Crippen molar-refractivity contribution in [3.63, 3.8) is 0 Å². The molecule has 0 aliphatic carbocycles. The summed E-state index contributed by atoms with van der Waals surface area (Å²) in [5.41, 5.74) is 5.46. The third-order valence-corrected chi connectivity index (χ3v) is 2.82. The van der Waals surface area contributed by atoms with Crippen molar-refractivity contribution < 1.29 is 14.5 Å². The van der Waals surface area contributed by atoms with Gasteiger partial charge < -0.3 is 11.1 Å². The van der Waals surface area contributed by atoms with E-state index in [9.17, 15) is 19.7 Å². The molecule has 100 valence electrons. The Hall–Kier alpha value is -2.64. The fourth-order valence-electron chi connectivity index (χ4n) is 1.90. The summed E-state index contributed by atoms with van der Waals surface area (Å²) in [5.74, 6) is -0.835. The molecule has 1 unspecified atom stereocenters. The predicted molar refractivity (Wildman–Crippen MR) is 67.3 cm³/mol. The van der Waals surface area contributed by atoms with E-state index in [1.54, 1.807) is 6.07 Å². The normalized spacial score (nSPS) is 18.8. The van der Waals surface area contributed by atoms with Gasteiger partial charge in [0.15, 0.2) is 0 Å². The zero-order valence-corrected chi connectivity index (χ0v) is 9.88. The Morgan fingerprint density at radius 2 is 2.16 bits per heavy atom. The number of nitrogens with two attached hydrogens (primary N) is 1. The summed E-state index contributed by atoms with van der Waals surface area (Å²) >= 11 is 0. The van der Waals surface area contributed by atoms with E-state index in [2.05, 4.69) is 10.6 Å². The summed E-state index contributed by atoms with van der Waals surface area (Å²) < 4.78 is 0. The Balaban J connectivity index is 2.24. The maximum absolute atomic E-state index is 11.6. The van der Waals surface area contributed by atoms with Crippen molar-refractivity contribution in [1.29, 1.82) is 0 Å². The first-order chi connectivity index (χ1) is 8.99. The lowest BCUT2D eigenvalue weighted by Gasteiger charge is -2.22. The fourth-order valence-corrected chi connectivity index (χ4v) is 1.90. The molecule has 8 nitrogen and oxygen atoms in total. The van der Waals surface area contributed by atoms with E-state index < -0.39 is 16.9 Å². The van der Waals surface area contributed by atoms with E-state index in [1.807, 2.05) is 0 Å². The molecular weight excluding hydrogens is 252 g/mol. The molecule has 1 aliphatic heterocycles. The van der Waals surface area contributed by atoms with Gasteiger partial charge in [0.2, 0.25) is 11.8 Å². The summed E-state index contributed by atoms with van der Waals surface area (Å²) in [6, 6.07) is 3.75. The van der Waals surface area contributed by atoms with E-state index in [0.717, 1.165) is 0 Å². The van der Waals surface area contributed by atoms with Crippen LogP contribution in [-0.4, -0.2) is 22.8 Å². The highest BCUT2D eigenvalue weighted by molar-refractivity contribution is 6.01. The molecule has 1 heterocycles. The number of amides is 2. The minimum atomic E-state index is -0.682. The van der Waals surface area contributed by atoms with E-state index in [4.69, 9.17) is 5.73 Å². The lowest BCUT2D eigenvalue weighted by atomic mass is 10.1. The average molecular weight is 264 g/mol. The monoisotopic (exact) mass is 264 g/mol. The summed E-state index contributed by atoms with van der Waals surface area (Å²) in [4.78, 5) is 32.9. The first-order valence-corrected chi connectivity index (χ1v) is 5.62. The van der Waals surface area contributed by atoms with Crippen molar-refractivity contribution in [3.8, 4) is 0 Å². The number of benzene rings is 1. The van der Waals surface area contributed by atoms with Gasteiger partial charge in [0.1, 0.15) is 17.4 Å². The Labute approximate surface area is 108 Å². The maximum Gasteiger partial charge on any atom is 0.314 e. The van der Waals surface area contributed by atoms with Gasteiger partial charge >= 0.3 is 5.69 Å². The molecular formula is C11H12N4O4. The standard InChI is InChI=1S/C11H12N4O4/c12-6-2-1-3-7(10(6)15(18)19)13-8-4-5-9(16)14-11(8)17/h1-3,8,13H,4-5,12H2,(H,14,16,17). The highest BCUT2D eigenvalue weighted by Crippen LogP contribution is 2.31. The van der Waals surface area contributed by atoms with Crippen LogP contribution in [0.25, 0.3) is 0 Å². The topological polar surface area (TPSA) is 127 Å². The van der Waals surface area contributed by atoms with E-state index in [1.165, 1.54) is 12.1 Å². The third-order valence-electron chi connectivity index (χ3n) is 2.82. The number of hydrogen-bond acceptors (Lipinski definition) is 6. The molecule has 0 radical (unpaired) electrons. The van der Waals surface area contributed by atoms with Gasteiger partial charge in [0, 0.05) is 6.42 Å². The van der Waals surface area contributed by atoms with E-state index in [0.29, 0.717) is 0 Å². The zero-order chi connectivity index (χ0) is 14.0. The lowest BCUT2D eigenvalue weighted by Crippen LogP contribution is -2.47. The van der Waals surface area contributed by atoms with Crippen LogP contribution in [0.15, 0.2) is 18.2 Å². The second-order valence-electron chi connectivity index (χ2n) is 4.15. The van der Waals surface area contributed by atoms with E-state index >= 15 is 0 Å². The SMILES string of the molecule is Nc1cccc(NC2CCC(=O)NC2=O)c1[N+](=O)[O-]. The Morgan fingerprint density at radius 1 is 1.42 bits per heavy atom. The van der Waals surface area contributed by atoms with Crippen molar-refractivity contribution in [2.24, 2.45) is 0 Å². The molecule has 0 saturated carbocycles. The van der Waals surface area contributed by atoms with Gasteiger partial charge in [0.05, 0.1) is 4.92 Å². The largest absolute Gasteiger partial charge is 0.393 e. The first-order valence-electron chi connectivity index (χ1n) is 5.62. The third kappa shape index (κ3) is 2.62. The van der Waals surface area contributed by atoms with Crippen LogP contribution in [0.5, 0.6) is 0 Å². The number of nitro benzene ring substituents is 1. The maximum atomic E-state index is 11.6. The van der Waals surface area contributed by atoms with Crippen molar-refractivity contribution >= 4 is 28.9 Å². The molecule has 19 heavy (non-hydrogen) atoms. The zero-order valence-electron chi connectivity index (χ0n) is 9.88. The number of rotatable bonds is 3. The van der Waals surface area contributed by atoms with Gasteiger partial charge in [-0.25, -0.2) is 0 Å². The first kappa shape index (κ1) is 12.8. The predicted octanol–water partition coefficient (Wildman–Crippen LogP) is 0.394. The number of nitrogen functional groups attached to an aromatic ring is 1. The van der Waals surface area contributed by atoms with Gasteiger partial charge in [-0.15, -0.1) is 0 Å². The average Bonchev–Trinajstić information content (AvgIpc) is 2.32. The van der Waals surface area contributed by atoms with E-state index in [-0.39, 0.29) is 35.8 Å². The van der Waals surface area contributed by atoms with Crippen molar-refractivity contribution in [3.05, 3.63) is 28.3 Å². The van der Waals surface area contributed by atoms with Crippen LogP contribution in [0.3, 0.4) is 0 Å². The molecule has 4 N–H and O–H groups in total. The lowest BCUT2D eigenvalue weighted by molar-refractivity contribution is -0.383. The smallest absolute Gasteiger partial charge is 0.314 e. The van der Waals surface area contributed by atoms with Crippen LogP contribution < -0.4 is 16.4 Å². The van der Waals surface area contributed by atoms with Gasteiger partial charge in [-0.3, -0.25) is 25.0 Å². The van der Waals surface area contributed by atoms with Crippen LogP contribution in [0.1, 0.15) is 12.8 Å². The Kier molecular flexibility index (Phi) is 3.32. The number of piperidine rings is 1. The quantitative estimate of drug-likeness (QED) is 0.313. The van der Waals surface area contributed by atoms with Gasteiger partial charge in [-0.1, -0.05) is 6.07 Å². The molecule has 0 spiro atoms. The van der Waals surface area contributed by atoms with Gasteiger partial charge in [-0.05, 0) is 18.6 Å². The van der Waals surface area contributed by atoms with Crippen LogP contribution in [0.4, 0.5) is 17.1 Å². The molecule has 1 aliphatic rings. The second kappa shape index (κ2) is 4.92. The van der Waals surface area contributed by atoms with Crippen LogP contribution in [0.2, 0.25) is 0 Å². The number of nitrogens with one attached hydrogen (secondary N) is 2. The Morgan fingerprint density at radius 3 is 2.79 bits per heavy atom. The second-order valence-corrected chi connectivity index (χ2v) is 4.15. The molecule has 1 saturated heterocycles. The number of para-hydroxylation sites is 1. The summed E-state index contributed by atoms with van der Waals surface area (Å²) in [7, 11) is 0. The molecule has 1 aromatic rings. The number of anilines is 2. The molecule has 0 bridgehead atoms. The number of nitro groups is 1. The number of imide groups is 1. The van der Waals surface area contributed by atoms with Crippen LogP contribution in [-0.2, 0) is 9.59 Å². The highest BCUT2D eigenvalue weighted by atomic mass is 16.6. The minimum Gasteiger partial charge on any atom is -0.393 e. The number of nitrogens with zero attached hydrogens (tertiary/aromatic N) is 1. The number of hydrogen-bond donors (Lipinski definition) is 3. The highest BCUT2D eigenvalue weighted by Gasteiger charge is 2.28. The number of carbonyl (C=O) groups excluding carboxylic acids is 2.